The summed E-state index contributed by atoms with van der Waals surface area (Å²) in [6, 6.07) is 3.79. The van der Waals surface area contributed by atoms with E-state index in [4.69, 9.17) is 0 Å². The van der Waals surface area contributed by atoms with Gasteiger partial charge in [0.25, 0.3) is 5.69 Å². The Balaban J connectivity index is 2.97. The SMILES string of the molecule is CNc1ccc(S(=O)(=O)NCCCS(C)=O)c([N+](=O)[O-])c1. The molecule has 0 aromatic heterocycles. The van der Waals surface area contributed by atoms with Gasteiger partial charge in [0.05, 0.1) is 4.92 Å². The van der Waals surface area contributed by atoms with E-state index in [1.165, 1.54) is 18.4 Å². The van der Waals surface area contributed by atoms with E-state index >= 15 is 0 Å². The van der Waals surface area contributed by atoms with Crippen LogP contribution in [0, 0.1) is 10.1 Å². The first-order valence-electron chi connectivity index (χ1n) is 6.04. The van der Waals surface area contributed by atoms with Gasteiger partial charge in [-0.1, -0.05) is 0 Å². The van der Waals surface area contributed by atoms with E-state index in [2.05, 4.69) is 10.0 Å². The Bertz CT molecular complexity index is 645. The maximum Gasteiger partial charge on any atom is 0.291 e. The van der Waals surface area contributed by atoms with Gasteiger partial charge in [0.1, 0.15) is 0 Å². The maximum absolute atomic E-state index is 12.1. The molecule has 0 fully saturated rings. The van der Waals surface area contributed by atoms with Crippen molar-refractivity contribution < 1.29 is 17.6 Å². The van der Waals surface area contributed by atoms with Crippen molar-refractivity contribution >= 4 is 32.2 Å². The van der Waals surface area contributed by atoms with E-state index in [0.717, 1.165) is 6.07 Å². The van der Waals surface area contributed by atoms with E-state index < -0.39 is 31.4 Å². The van der Waals surface area contributed by atoms with Gasteiger partial charge in [-0.05, 0) is 18.6 Å². The number of nitro groups is 1. The molecule has 0 amide bonds. The highest BCUT2D eigenvalue weighted by atomic mass is 32.2. The molecule has 0 spiro atoms. The standard InChI is InChI=1S/C11H17N3O5S2/c1-12-9-4-5-11(10(8-9)14(15)16)21(18,19)13-6-3-7-20(2)17/h4-5,8,12-13H,3,6-7H2,1-2H3. The Morgan fingerprint density at radius 2 is 2.05 bits per heavy atom. The predicted molar refractivity (Wildman–Crippen MR) is 81.4 cm³/mol. The third-order valence-corrected chi connectivity index (χ3v) is 5.01. The Labute approximate surface area is 125 Å². The summed E-state index contributed by atoms with van der Waals surface area (Å²) < 4.78 is 37.3. The number of nitro benzene ring substituents is 1. The van der Waals surface area contributed by atoms with Crippen molar-refractivity contribution in [2.24, 2.45) is 0 Å². The van der Waals surface area contributed by atoms with Crippen molar-refractivity contribution in [1.29, 1.82) is 0 Å². The summed E-state index contributed by atoms with van der Waals surface area (Å²) in [5.41, 5.74) is -0.0459. The number of rotatable bonds is 8. The van der Waals surface area contributed by atoms with Crippen molar-refractivity contribution in [2.75, 3.05) is 30.9 Å². The number of nitrogens with one attached hydrogen (secondary N) is 2. The smallest absolute Gasteiger partial charge is 0.291 e. The zero-order valence-electron chi connectivity index (χ0n) is 11.7. The molecule has 0 radical (unpaired) electrons. The maximum atomic E-state index is 12.1. The van der Waals surface area contributed by atoms with Crippen molar-refractivity contribution in [3.8, 4) is 0 Å². The third-order valence-electron chi connectivity index (χ3n) is 2.63. The zero-order valence-corrected chi connectivity index (χ0v) is 13.3. The summed E-state index contributed by atoms with van der Waals surface area (Å²) in [6.07, 6.45) is 1.92. The largest absolute Gasteiger partial charge is 0.388 e. The lowest BCUT2D eigenvalue weighted by Crippen LogP contribution is -2.26. The highest BCUT2D eigenvalue weighted by Gasteiger charge is 2.25. The van der Waals surface area contributed by atoms with Gasteiger partial charge >= 0.3 is 0 Å². The van der Waals surface area contributed by atoms with Gasteiger partial charge in [-0.2, -0.15) is 0 Å². The molecule has 10 heteroatoms. The van der Waals surface area contributed by atoms with Crippen molar-refractivity contribution in [3.63, 3.8) is 0 Å². The second-order valence-corrected chi connectivity index (χ2v) is 7.51. The number of hydrogen-bond acceptors (Lipinski definition) is 6. The Morgan fingerprint density at radius 1 is 1.38 bits per heavy atom. The normalized spacial score (nSPS) is 12.9. The third kappa shape index (κ3) is 5.06. The fourth-order valence-electron chi connectivity index (χ4n) is 1.60. The summed E-state index contributed by atoms with van der Waals surface area (Å²) in [7, 11) is -3.40. The minimum absolute atomic E-state index is 0.0762. The van der Waals surface area contributed by atoms with E-state index in [-0.39, 0.29) is 11.4 Å². The first-order chi connectivity index (χ1) is 9.77. The summed E-state index contributed by atoms with van der Waals surface area (Å²) in [4.78, 5) is 9.88. The summed E-state index contributed by atoms with van der Waals surface area (Å²) in [5.74, 6) is 0.364. The fraction of sp³-hybridized carbons (Fsp3) is 0.455. The molecule has 1 atom stereocenters. The van der Waals surface area contributed by atoms with Crippen LogP contribution in [0.2, 0.25) is 0 Å². The van der Waals surface area contributed by atoms with Gasteiger partial charge in [0, 0.05) is 48.2 Å². The van der Waals surface area contributed by atoms with E-state index in [1.54, 1.807) is 7.05 Å². The van der Waals surface area contributed by atoms with E-state index in [0.29, 0.717) is 17.9 Å². The quantitative estimate of drug-likeness (QED) is 0.410. The number of anilines is 1. The lowest BCUT2D eigenvalue weighted by Gasteiger charge is -2.08. The van der Waals surface area contributed by atoms with Crippen LogP contribution in [0.4, 0.5) is 11.4 Å². The van der Waals surface area contributed by atoms with Crippen LogP contribution in [-0.4, -0.2) is 43.2 Å². The van der Waals surface area contributed by atoms with Crippen molar-refractivity contribution in [2.45, 2.75) is 11.3 Å². The molecular formula is C11H17N3O5S2. The molecule has 0 saturated heterocycles. The van der Waals surface area contributed by atoms with Crippen LogP contribution in [0.1, 0.15) is 6.42 Å². The molecule has 0 aliphatic heterocycles. The molecule has 21 heavy (non-hydrogen) atoms. The number of nitrogens with zero attached hydrogens (tertiary/aromatic N) is 1. The summed E-state index contributed by atoms with van der Waals surface area (Å²) in [5, 5.41) is 13.7. The van der Waals surface area contributed by atoms with Crippen LogP contribution < -0.4 is 10.0 Å². The lowest BCUT2D eigenvalue weighted by atomic mass is 10.3. The molecular weight excluding hydrogens is 318 g/mol. The molecule has 118 valence electrons. The van der Waals surface area contributed by atoms with Gasteiger partial charge < -0.3 is 5.32 Å². The van der Waals surface area contributed by atoms with Gasteiger partial charge in [0.2, 0.25) is 10.0 Å². The van der Waals surface area contributed by atoms with Crippen LogP contribution in [0.25, 0.3) is 0 Å². The topological polar surface area (TPSA) is 118 Å². The van der Waals surface area contributed by atoms with Crippen molar-refractivity contribution in [3.05, 3.63) is 28.3 Å². The average molecular weight is 335 g/mol. The van der Waals surface area contributed by atoms with Gasteiger partial charge in [-0.15, -0.1) is 0 Å². The van der Waals surface area contributed by atoms with Crippen molar-refractivity contribution in [1.82, 2.24) is 4.72 Å². The molecule has 1 aromatic rings. The molecule has 8 nitrogen and oxygen atoms in total. The second kappa shape index (κ2) is 7.48. The molecule has 0 aliphatic carbocycles. The lowest BCUT2D eigenvalue weighted by molar-refractivity contribution is -0.387. The molecule has 1 aromatic carbocycles. The highest BCUT2D eigenvalue weighted by molar-refractivity contribution is 7.89. The first-order valence-corrected chi connectivity index (χ1v) is 9.25. The second-order valence-electron chi connectivity index (χ2n) is 4.22. The predicted octanol–water partition coefficient (Wildman–Crippen LogP) is 0.683. The van der Waals surface area contributed by atoms with Crippen LogP contribution in [-0.2, 0) is 20.8 Å². The Hall–Kier alpha value is -1.52. The highest BCUT2D eigenvalue weighted by Crippen LogP contribution is 2.26. The molecule has 1 unspecified atom stereocenters. The van der Waals surface area contributed by atoms with Gasteiger partial charge in [-0.25, -0.2) is 13.1 Å². The summed E-state index contributed by atoms with van der Waals surface area (Å²) >= 11 is 0. The first kappa shape index (κ1) is 17.5. The fourth-order valence-corrected chi connectivity index (χ4v) is 3.38. The number of benzene rings is 1. The number of hydrogen-bond donors (Lipinski definition) is 2. The molecule has 1 rings (SSSR count). The Kier molecular flexibility index (Phi) is 6.24. The van der Waals surface area contributed by atoms with Gasteiger partial charge in [-0.3, -0.25) is 14.3 Å². The Morgan fingerprint density at radius 3 is 2.57 bits per heavy atom. The molecule has 0 heterocycles. The zero-order chi connectivity index (χ0) is 16.0. The monoisotopic (exact) mass is 335 g/mol. The summed E-state index contributed by atoms with van der Waals surface area (Å²) in [6.45, 7) is 0.0762. The van der Waals surface area contributed by atoms with Crippen LogP contribution in [0.15, 0.2) is 23.1 Å². The van der Waals surface area contributed by atoms with Gasteiger partial charge in [0.15, 0.2) is 4.90 Å². The van der Waals surface area contributed by atoms with Crippen LogP contribution in [0.3, 0.4) is 0 Å². The van der Waals surface area contributed by atoms with Crippen LogP contribution in [0.5, 0.6) is 0 Å². The molecule has 0 bridgehead atoms. The minimum Gasteiger partial charge on any atom is -0.388 e. The average Bonchev–Trinajstić information content (AvgIpc) is 2.42. The molecule has 2 N–H and O–H groups in total. The van der Waals surface area contributed by atoms with Crippen LogP contribution >= 0.6 is 0 Å². The molecule has 0 aliphatic rings. The van der Waals surface area contributed by atoms with E-state index in [1.807, 2.05) is 0 Å². The van der Waals surface area contributed by atoms with E-state index in [9.17, 15) is 22.7 Å². The molecule has 0 saturated carbocycles. The minimum atomic E-state index is -3.98. The number of sulfonamides is 1.